The summed E-state index contributed by atoms with van der Waals surface area (Å²) in [7, 11) is 0. The standard InChI is InChI=1S/C15H15N3O4/c19-12-3-1-2-11(8-12)15-10-17(6-7-22-15)13-4-5-16-9-14(13)18(20)21/h1-5,8-9,15,19H,6-7,10H2/t15-/m1/s1. The zero-order chi connectivity index (χ0) is 15.5. The lowest BCUT2D eigenvalue weighted by Gasteiger charge is -2.34. The third-order valence-electron chi connectivity index (χ3n) is 3.62. The van der Waals surface area contributed by atoms with Gasteiger partial charge in [0.05, 0.1) is 11.5 Å². The van der Waals surface area contributed by atoms with Crippen molar-refractivity contribution in [3.05, 3.63) is 58.4 Å². The highest BCUT2D eigenvalue weighted by atomic mass is 16.6. The normalized spacial score (nSPS) is 18.2. The monoisotopic (exact) mass is 301 g/mol. The van der Waals surface area contributed by atoms with Gasteiger partial charge in [0, 0.05) is 19.3 Å². The molecular weight excluding hydrogens is 286 g/mol. The zero-order valence-electron chi connectivity index (χ0n) is 11.8. The number of pyridine rings is 1. The molecule has 1 aromatic carbocycles. The smallest absolute Gasteiger partial charge is 0.310 e. The fourth-order valence-corrected chi connectivity index (χ4v) is 2.58. The molecule has 1 fully saturated rings. The van der Waals surface area contributed by atoms with E-state index in [1.807, 2.05) is 11.0 Å². The Morgan fingerprint density at radius 1 is 1.41 bits per heavy atom. The molecule has 22 heavy (non-hydrogen) atoms. The van der Waals surface area contributed by atoms with Crippen LogP contribution >= 0.6 is 0 Å². The van der Waals surface area contributed by atoms with E-state index in [-0.39, 0.29) is 17.5 Å². The minimum Gasteiger partial charge on any atom is -0.508 e. The van der Waals surface area contributed by atoms with Crippen molar-refractivity contribution in [2.45, 2.75) is 6.10 Å². The van der Waals surface area contributed by atoms with Crippen LogP contribution in [0.2, 0.25) is 0 Å². The molecule has 2 heterocycles. The highest BCUT2D eigenvalue weighted by Crippen LogP contribution is 2.32. The SMILES string of the molecule is O=[N+]([O-])c1cnccc1N1CCO[C@@H](c2cccc(O)c2)C1. The van der Waals surface area contributed by atoms with Gasteiger partial charge in [-0.05, 0) is 23.8 Å². The Balaban J connectivity index is 1.86. The first kappa shape index (κ1) is 14.3. The van der Waals surface area contributed by atoms with E-state index in [0.717, 1.165) is 5.56 Å². The average Bonchev–Trinajstić information content (AvgIpc) is 2.55. The summed E-state index contributed by atoms with van der Waals surface area (Å²) in [4.78, 5) is 16.4. The molecule has 1 aliphatic rings. The molecule has 0 unspecified atom stereocenters. The highest BCUT2D eigenvalue weighted by molar-refractivity contribution is 5.62. The van der Waals surface area contributed by atoms with E-state index in [1.165, 1.54) is 6.20 Å². The van der Waals surface area contributed by atoms with E-state index in [0.29, 0.717) is 25.4 Å². The van der Waals surface area contributed by atoms with Gasteiger partial charge in [-0.3, -0.25) is 15.1 Å². The predicted molar refractivity (Wildman–Crippen MR) is 79.9 cm³/mol. The van der Waals surface area contributed by atoms with Gasteiger partial charge in [0.15, 0.2) is 0 Å². The molecule has 0 spiro atoms. The maximum absolute atomic E-state index is 11.1. The molecule has 0 saturated carbocycles. The lowest BCUT2D eigenvalue weighted by atomic mass is 10.1. The average molecular weight is 301 g/mol. The lowest BCUT2D eigenvalue weighted by molar-refractivity contribution is -0.384. The number of anilines is 1. The number of aromatic nitrogens is 1. The molecule has 1 aromatic heterocycles. The molecule has 7 nitrogen and oxygen atoms in total. The second-order valence-electron chi connectivity index (χ2n) is 5.02. The summed E-state index contributed by atoms with van der Waals surface area (Å²) in [5.74, 6) is 0.174. The highest BCUT2D eigenvalue weighted by Gasteiger charge is 2.27. The van der Waals surface area contributed by atoms with E-state index in [1.54, 1.807) is 30.5 Å². The minimum atomic E-state index is -0.429. The van der Waals surface area contributed by atoms with Gasteiger partial charge in [-0.1, -0.05) is 12.1 Å². The number of phenolic OH excluding ortho intramolecular Hbond substituents is 1. The van der Waals surface area contributed by atoms with Crippen LogP contribution in [0.25, 0.3) is 0 Å². The van der Waals surface area contributed by atoms with Crippen LogP contribution in [0.15, 0.2) is 42.7 Å². The molecule has 3 rings (SSSR count). The van der Waals surface area contributed by atoms with Gasteiger partial charge in [-0.25, -0.2) is 0 Å². The Morgan fingerprint density at radius 3 is 3.05 bits per heavy atom. The first-order valence-corrected chi connectivity index (χ1v) is 6.89. The number of rotatable bonds is 3. The first-order valence-electron chi connectivity index (χ1n) is 6.89. The number of hydrogen-bond donors (Lipinski definition) is 1. The summed E-state index contributed by atoms with van der Waals surface area (Å²) in [5, 5.41) is 20.7. The van der Waals surface area contributed by atoms with Crippen LogP contribution in [0.5, 0.6) is 5.75 Å². The Morgan fingerprint density at radius 2 is 2.27 bits per heavy atom. The molecule has 0 bridgehead atoms. The van der Waals surface area contributed by atoms with Gasteiger partial charge >= 0.3 is 5.69 Å². The van der Waals surface area contributed by atoms with E-state index in [2.05, 4.69) is 4.98 Å². The van der Waals surface area contributed by atoms with Gasteiger partial charge in [-0.2, -0.15) is 0 Å². The number of ether oxygens (including phenoxy) is 1. The second-order valence-corrected chi connectivity index (χ2v) is 5.02. The van der Waals surface area contributed by atoms with E-state index in [9.17, 15) is 15.2 Å². The van der Waals surface area contributed by atoms with Crippen LogP contribution in [-0.2, 0) is 4.74 Å². The maximum Gasteiger partial charge on any atom is 0.310 e. The molecule has 1 atom stereocenters. The Labute approximate surface area is 126 Å². The van der Waals surface area contributed by atoms with Gasteiger partial charge < -0.3 is 14.7 Å². The number of aromatic hydroxyl groups is 1. The summed E-state index contributed by atoms with van der Waals surface area (Å²) < 4.78 is 5.73. The minimum absolute atomic E-state index is 0.0148. The fourth-order valence-electron chi connectivity index (χ4n) is 2.58. The number of phenols is 1. The topological polar surface area (TPSA) is 88.7 Å². The van der Waals surface area contributed by atoms with Crippen LogP contribution in [0.3, 0.4) is 0 Å². The van der Waals surface area contributed by atoms with Crippen molar-refractivity contribution in [2.24, 2.45) is 0 Å². The molecule has 1 saturated heterocycles. The molecule has 114 valence electrons. The molecule has 0 aliphatic carbocycles. The summed E-state index contributed by atoms with van der Waals surface area (Å²) >= 11 is 0. The van der Waals surface area contributed by atoms with Crippen molar-refractivity contribution >= 4 is 11.4 Å². The van der Waals surface area contributed by atoms with Crippen molar-refractivity contribution in [3.8, 4) is 5.75 Å². The molecular formula is C15H15N3O4. The van der Waals surface area contributed by atoms with Crippen molar-refractivity contribution in [2.75, 3.05) is 24.6 Å². The number of nitrogens with zero attached hydrogens (tertiary/aromatic N) is 3. The maximum atomic E-state index is 11.1. The van der Waals surface area contributed by atoms with E-state index < -0.39 is 4.92 Å². The van der Waals surface area contributed by atoms with Crippen molar-refractivity contribution < 1.29 is 14.8 Å². The quantitative estimate of drug-likeness (QED) is 0.691. The van der Waals surface area contributed by atoms with Gasteiger partial charge in [0.1, 0.15) is 23.7 Å². The molecule has 7 heteroatoms. The van der Waals surface area contributed by atoms with E-state index in [4.69, 9.17) is 4.74 Å². The molecule has 0 amide bonds. The Kier molecular flexibility index (Phi) is 3.88. The third-order valence-corrected chi connectivity index (χ3v) is 3.62. The summed E-state index contributed by atoms with van der Waals surface area (Å²) in [5.41, 5.74) is 1.37. The van der Waals surface area contributed by atoms with E-state index >= 15 is 0 Å². The second kappa shape index (κ2) is 5.98. The Hall–Kier alpha value is -2.67. The number of nitro groups is 1. The summed E-state index contributed by atoms with van der Waals surface area (Å²) in [6, 6.07) is 8.51. The van der Waals surface area contributed by atoms with Crippen molar-refractivity contribution in [3.63, 3.8) is 0 Å². The molecule has 0 radical (unpaired) electrons. The van der Waals surface area contributed by atoms with Crippen LogP contribution in [0.4, 0.5) is 11.4 Å². The van der Waals surface area contributed by atoms with Crippen molar-refractivity contribution in [1.82, 2.24) is 4.98 Å². The number of morpholine rings is 1. The molecule has 1 N–H and O–H groups in total. The number of benzene rings is 1. The largest absolute Gasteiger partial charge is 0.508 e. The molecule has 1 aliphatic heterocycles. The van der Waals surface area contributed by atoms with Crippen molar-refractivity contribution in [1.29, 1.82) is 0 Å². The Bertz CT molecular complexity index is 692. The number of hydrogen-bond acceptors (Lipinski definition) is 6. The summed E-state index contributed by atoms with van der Waals surface area (Å²) in [6.45, 7) is 1.51. The van der Waals surface area contributed by atoms with Crippen LogP contribution in [0, 0.1) is 10.1 Å². The fraction of sp³-hybridized carbons (Fsp3) is 0.267. The van der Waals surface area contributed by atoms with Crippen LogP contribution < -0.4 is 4.90 Å². The predicted octanol–water partition coefficient (Wildman–Crippen LogP) is 2.27. The lowest BCUT2D eigenvalue weighted by Crippen LogP contribution is -2.38. The van der Waals surface area contributed by atoms with Gasteiger partial charge in [0.2, 0.25) is 0 Å². The van der Waals surface area contributed by atoms with Crippen LogP contribution in [-0.4, -0.2) is 34.7 Å². The first-order chi connectivity index (χ1) is 10.6. The third kappa shape index (κ3) is 2.84. The van der Waals surface area contributed by atoms with Gasteiger partial charge in [0.25, 0.3) is 0 Å². The van der Waals surface area contributed by atoms with Crippen LogP contribution in [0.1, 0.15) is 11.7 Å². The summed E-state index contributed by atoms with van der Waals surface area (Å²) in [6.07, 6.45) is 2.56. The zero-order valence-corrected chi connectivity index (χ0v) is 11.8. The molecule has 2 aromatic rings. The van der Waals surface area contributed by atoms with Gasteiger partial charge in [-0.15, -0.1) is 0 Å².